The van der Waals surface area contributed by atoms with Crippen molar-refractivity contribution < 1.29 is 8.42 Å². The van der Waals surface area contributed by atoms with E-state index in [0.717, 1.165) is 31.8 Å². The van der Waals surface area contributed by atoms with E-state index in [-0.39, 0.29) is 0 Å². The number of likely N-dealkylation sites (tertiary alicyclic amines) is 1. The van der Waals surface area contributed by atoms with Crippen LogP contribution in [0.2, 0.25) is 0 Å². The van der Waals surface area contributed by atoms with Crippen LogP contribution in [0.25, 0.3) is 0 Å². The van der Waals surface area contributed by atoms with Crippen LogP contribution in [0.1, 0.15) is 46.5 Å². The SMILES string of the molecule is C[C@H]1CC(C)(C)C[C@H]1NC1CCN(CCS(C)(=O)=O)CC1. The molecule has 1 aliphatic carbocycles. The van der Waals surface area contributed by atoms with Crippen molar-refractivity contribution >= 4 is 9.84 Å². The average Bonchev–Trinajstić information content (AvgIpc) is 2.60. The number of hydrogen-bond donors (Lipinski definition) is 1. The lowest BCUT2D eigenvalue weighted by molar-refractivity contribution is 0.193. The molecular weight excluding hydrogens is 284 g/mol. The maximum atomic E-state index is 11.2. The molecule has 0 spiro atoms. The third-order valence-electron chi connectivity index (χ3n) is 5.15. The fourth-order valence-electron chi connectivity index (χ4n) is 4.04. The van der Waals surface area contributed by atoms with Crippen LogP contribution in [-0.2, 0) is 9.84 Å². The number of nitrogens with zero attached hydrogens (tertiary/aromatic N) is 1. The van der Waals surface area contributed by atoms with E-state index in [4.69, 9.17) is 0 Å². The average molecular weight is 317 g/mol. The molecule has 0 aromatic rings. The maximum Gasteiger partial charge on any atom is 0.148 e. The Morgan fingerprint density at radius 1 is 1.19 bits per heavy atom. The summed E-state index contributed by atoms with van der Waals surface area (Å²) < 4.78 is 22.5. The van der Waals surface area contributed by atoms with Crippen LogP contribution in [0.15, 0.2) is 0 Å². The van der Waals surface area contributed by atoms with E-state index in [9.17, 15) is 8.42 Å². The monoisotopic (exact) mass is 316 g/mol. The van der Waals surface area contributed by atoms with Gasteiger partial charge in [-0.05, 0) is 50.1 Å². The molecule has 21 heavy (non-hydrogen) atoms. The minimum Gasteiger partial charge on any atom is -0.311 e. The molecule has 2 rings (SSSR count). The van der Waals surface area contributed by atoms with E-state index >= 15 is 0 Å². The van der Waals surface area contributed by atoms with Crippen molar-refractivity contribution in [3.8, 4) is 0 Å². The van der Waals surface area contributed by atoms with Crippen LogP contribution in [-0.4, -0.2) is 57.0 Å². The Bertz CT molecular complexity index is 439. The number of rotatable bonds is 5. The molecule has 1 N–H and O–H groups in total. The number of nitrogens with one attached hydrogen (secondary N) is 1. The Balaban J connectivity index is 1.72. The molecule has 2 fully saturated rings. The van der Waals surface area contributed by atoms with Gasteiger partial charge in [0.15, 0.2) is 0 Å². The van der Waals surface area contributed by atoms with Crippen LogP contribution in [0.3, 0.4) is 0 Å². The highest BCUT2D eigenvalue weighted by molar-refractivity contribution is 7.90. The maximum absolute atomic E-state index is 11.2. The molecule has 1 saturated carbocycles. The van der Waals surface area contributed by atoms with E-state index in [1.165, 1.54) is 19.1 Å². The summed E-state index contributed by atoms with van der Waals surface area (Å²) in [6.07, 6.45) is 6.21. The van der Waals surface area contributed by atoms with Gasteiger partial charge in [-0.1, -0.05) is 20.8 Å². The van der Waals surface area contributed by atoms with E-state index in [2.05, 4.69) is 31.0 Å². The smallest absolute Gasteiger partial charge is 0.148 e. The first-order valence-electron chi connectivity index (χ1n) is 8.31. The lowest BCUT2D eigenvalue weighted by Crippen LogP contribution is -2.47. The summed E-state index contributed by atoms with van der Waals surface area (Å²) in [7, 11) is -2.83. The zero-order valence-electron chi connectivity index (χ0n) is 14.1. The van der Waals surface area contributed by atoms with Crippen LogP contribution in [0.4, 0.5) is 0 Å². The fourth-order valence-corrected chi connectivity index (χ4v) is 4.63. The summed E-state index contributed by atoms with van der Waals surface area (Å²) in [6.45, 7) is 9.86. The first kappa shape index (κ1) is 17.2. The van der Waals surface area contributed by atoms with Crippen molar-refractivity contribution in [2.75, 3.05) is 31.6 Å². The lowest BCUT2D eigenvalue weighted by Gasteiger charge is -2.34. The molecule has 1 aliphatic heterocycles. The minimum absolute atomic E-state index is 0.291. The first-order valence-corrected chi connectivity index (χ1v) is 10.4. The molecule has 2 aliphatic rings. The lowest BCUT2D eigenvalue weighted by atomic mass is 9.91. The van der Waals surface area contributed by atoms with Gasteiger partial charge >= 0.3 is 0 Å². The molecule has 1 heterocycles. The molecule has 0 radical (unpaired) electrons. The van der Waals surface area contributed by atoms with Gasteiger partial charge in [-0.15, -0.1) is 0 Å². The predicted molar refractivity (Wildman–Crippen MR) is 88.3 cm³/mol. The standard InChI is InChI=1S/C16H32N2O2S/c1-13-11-16(2,3)12-15(13)17-14-5-7-18(8-6-14)9-10-21(4,19)20/h13-15,17H,5-12H2,1-4H3/t13-,15+/m0/s1. The van der Waals surface area contributed by atoms with Crippen LogP contribution in [0.5, 0.6) is 0 Å². The zero-order valence-corrected chi connectivity index (χ0v) is 14.9. The Labute approximate surface area is 130 Å². The number of sulfone groups is 1. The molecule has 4 nitrogen and oxygen atoms in total. The third-order valence-corrected chi connectivity index (χ3v) is 6.07. The molecule has 1 saturated heterocycles. The summed E-state index contributed by atoms with van der Waals surface area (Å²) in [5.74, 6) is 1.06. The highest BCUT2D eigenvalue weighted by Gasteiger charge is 2.37. The molecule has 5 heteroatoms. The minimum atomic E-state index is -2.83. The third kappa shape index (κ3) is 5.53. The molecular formula is C16H32N2O2S. The van der Waals surface area contributed by atoms with Gasteiger partial charge in [-0.25, -0.2) is 8.42 Å². The highest BCUT2D eigenvalue weighted by atomic mass is 32.2. The predicted octanol–water partition coefficient (Wildman–Crippen LogP) is 1.91. The Kier molecular flexibility index (Phi) is 5.37. The summed E-state index contributed by atoms with van der Waals surface area (Å²) >= 11 is 0. The van der Waals surface area contributed by atoms with Gasteiger partial charge in [0.2, 0.25) is 0 Å². The van der Waals surface area contributed by atoms with Crippen molar-refractivity contribution in [3.05, 3.63) is 0 Å². The van der Waals surface area contributed by atoms with Crippen molar-refractivity contribution in [2.24, 2.45) is 11.3 Å². The van der Waals surface area contributed by atoms with Crippen molar-refractivity contribution in [3.63, 3.8) is 0 Å². The van der Waals surface area contributed by atoms with E-state index in [1.807, 2.05) is 0 Å². The second-order valence-corrected chi connectivity index (χ2v) is 10.3. The molecule has 0 unspecified atom stereocenters. The second kappa shape index (κ2) is 6.55. The van der Waals surface area contributed by atoms with Gasteiger partial charge in [0.05, 0.1) is 5.75 Å². The molecule has 0 bridgehead atoms. The largest absolute Gasteiger partial charge is 0.311 e. The summed E-state index contributed by atoms with van der Waals surface area (Å²) in [5.41, 5.74) is 0.479. The van der Waals surface area contributed by atoms with Crippen molar-refractivity contribution in [1.82, 2.24) is 10.2 Å². The van der Waals surface area contributed by atoms with E-state index < -0.39 is 9.84 Å². The van der Waals surface area contributed by atoms with Gasteiger partial charge in [-0.2, -0.15) is 0 Å². The van der Waals surface area contributed by atoms with Crippen LogP contribution in [0, 0.1) is 11.3 Å². The Hall–Kier alpha value is -0.130. The molecule has 0 aromatic carbocycles. The molecule has 124 valence electrons. The summed E-state index contributed by atoms with van der Waals surface area (Å²) in [6, 6.07) is 1.27. The van der Waals surface area contributed by atoms with Gasteiger partial charge in [0, 0.05) is 24.9 Å². The van der Waals surface area contributed by atoms with Crippen molar-refractivity contribution in [2.45, 2.75) is 58.5 Å². The first-order chi connectivity index (χ1) is 9.65. The molecule has 0 amide bonds. The fraction of sp³-hybridized carbons (Fsp3) is 1.00. The highest BCUT2D eigenvalue weighted by Crippen LogP contribution is 2.41. The quantitative estimate of drug-likeness (QED) is 0.842. The van der Waals surface area contributed by atoms with E-state index in [0.29, 0.717) is 29.8 Å². The second-order valence-electron chi connectivity index (χ2n) is 8.07. The Morgan fingerprint density at radius 3 is 2.29 bits per heavy atom. The molecule has 0 aromatic heterocycles. The Morgan fingerprint density at radius 2 is 1.81 bits per heavy atom. The van der Waals surface area contributed by atoms with Gasteiger partial charge in [0.1, 0.15) is 9.84 Å². The van der Waals surface area contributed by atoms with Gasteiger partial charge in [-0.3, -0.25) is 0 Å². The van der Waals surface area contributed by atoms with Gasteiger partial charge in [0.25, 0.3) is 0 Å². The topological polar surface area (TPSA) is 49.4 Å². The number of hydrogen-bond acceptors (Lipinski definition) is 4. The summed E-state index contributed by atoms with van der Waals surface area (Å²) in [4.78, 5) is 2.29. The molecule has 2 atom stereocenters. The van der Waals surface area contributed by atoms with Crippen LogP contribution < -0.4 is 5.32 Å². The van der Waals surface area contributed by atoms with Crippen molar-refractivity contribution in [1.29, 1.82) is 0 Å². The zero-order chi connectivity index (χ0) is 15.7. The van der Waals surface area contributed by atoms with Crippen LogP contribution >= 0.6 is 0 Å². The van der Waals surface area contributed by atoms with E-state index in [1.54, 1.807) is 0 Å². The van der Waals surface area contributed by atoms with Gasteiger partial charge < -0.3 is 10.2 Å². The normalized spacial score (nSPS) is 31.6. The summed E-state index contributed by atoms with van der Waals surface area (Å²) in [5, 5.41) is 3.87. The number of piperidine rings is 1.